The number of primary amides is 2. The van der Waals surface area contributed by atoms with E-state index in [-0.39, 0.29) is 0 Å². The van der Waals surface area contributed by atoms with Crippen LogP contribution in [0.1, 0.15) is 13.8 Å². The van der Waals surface area contributed by atoms with Crippen molar-refractivity contribution in [1.82, 2.24) is 0 Å². The van der Waals surface area contributed by atoms with Crippen LogP contribution in [0.15, 0.2) is 0 Å². The molecule has 7 N–H and O–H groups in total. The molecule has 0 atom stereocenters. The standard InChI is InChI=1S/C3H9NO.CH4N2O/c1-3(2,4)5;2-1(3)4/h5H,4H2,1-2H3;(H4,2,3,4). The monoisotopic (exact) mass is 135 g/mol. The van der Waals surface area contributed by atoms with Gasteiger partial charge in [-0.15, -0.1) is 0 Å². The highest BCUT2D eigenvalue weighted by atomic mass is 16.3. The third-order valence-electron chi connectivity index (χ3n) is 0. The molecule has 56 valence electrons. The second-order valence-electron chi connectivity index (χ2n) is 2.06. The number of aliphatic hydroxyl groups is 1. The van der Waals surface area contributed by atoms with Gasteiger partial charge < -0.3 is 22.3 Å². The molecule has 0 aromatic carbocycles. The Labute approximate surface area is 53.8 Å². The van der Waals surface area contributed by atoms with E-state index in [1.165, 1.54) is 13.8 Å². The summed E-state index contributed by atoms with van der Waals surface area (Å²) in [6.07, 6.45) is 0. The molecule has 0 radical (unpaired) electrons. The Morgan fingerprint density at radius 1 is 1.44 bits per heavy atom. The second kappa shape index (κ2) is 4.11. The first kappa shape index (κ1) is 11.0. The molecule has 0 bridgehead atoms. The fourth-order valence-electron chi connectivity index (χ4n) is 0. The third-order valence-corrected chi connectivity index (χ3v) is 0. The molecule has 0 saturated heterocycles. The van der Waals surface area contributed by atoms with Crippen molar-refractivity contribution in [2.75, 3.05) is 0 Å². The SMILES string of the molecule is CC(C)(N)O.NC(N)=O. The molecule has 0 aliphatic carbocycles. The minimum absolute atomic E-state index is 0.833. The molecule has 0 rings (SSSR count). The molecule has 0 fully saturated rings. The minimum Gasteiger partial charge on any atom is -0.377 e. The molecule has 0 aromatic heterocycles. The zero-order valence-electron chi connectivity index (χ0n) is 5.59. The van der Waals surface area contributed by atoms with Gasteiger partial charge in [-0.1, -0.05) is 0 Å². The highest BCUT2D eigenvalue weighted by Crippen LogP contribution is 1.82. The van der Waals surface area contributed by atoms with Crippen molar-refractivity contribution in [1.29, 1.82) is 0 Å². The molecule has 5 nitrogen and oxygen atoms in total. The number of carbonyl (C=O) groups excluding carboxylic acids is 1. The van der Waals surface area contributed by atoms with E-state index in [1.54, 1.807) is 0 Å². The summed E-state index contributed by atoms with van der Waals surface area (Å²) >= 11 is 0. The summed E-state index contributed by atoms with van der Waals surface area (Å²) in [6.45, 7) is 3.04. The normalized spacial score (nSPS) is 9.33. The van der Waals surface area contributed by atoms with E-state index in [0.29, 0.717) is 0 Å². The minimum atomic E-state index is -1.00. The Morgan fingerprint density at radius 2 is 1.44 bits per heavy atom. The third kappa shape index (κ3) is 295. The average molecular weight is 135 g/mol. The van der Waals surface area contributed by atoms with Crippen molar-refractivity contribution in [3.8, 4) is 0 Å². The lowest BCUT2D eigenvalue weighted by Crippen LogP contribution is -2.30. The summed E-state index contributed by atoms with van der Waals surface area (Å²) in [6, 6.07) is -0.833. The molecular weight excluding hydrogens is 122 g/mol. The van der Waals surface area contributed by atoms with Gasteiger partial charge in [0.1, 0.15) is 5.72 Å². The lowest BCUT2D eigenvalue weighted by atomic mass is 10.4. The first-order chi connectivity index (χ1) is 3.73. The Bertz CT molecular complexity index is 76.3. The Kier molecular flexibility index (Phi) is 5.04. The molecule has 2 amide bonds. The maximum Gasteiger partial charge on any atom is 0.309 e. The number of carbonyl (C=O) groups is 1. The van der Waals surface area contributed by atoms with Crippen LogP contribution in [-0.4, -0.2) is 16.9 Å². The maximum atomic E-state index is 9.00. The number of hydrogen-bond acceptors (Lipinski definition) is 3. The average Bonchev–Trinajstić information content (AvgIpc) is 1.19. The van der Waals surface area contributed by atoms with Crippen molar-refractivity contribution in [3.05, 3.63) is 0 Å². The van der Waals surface area contributed by atoms with Gasteiger partial charge >= 0.3 is 6.03 Å². The molecule has 5 heteroatoms. The molecule has 0 aliphatic rings. The predicted molar refractivity (Wildman–Crippen MR) is 34.3 cm³/mol. The first-order valence-corrected chi connectivity index (χ1v) is 2.29. The van der Waals surface area contributed by atoms with Crippen LogP contribution in [0.25, 0.3) is 0 Å². The molecule has 0 heterocycles. The molecule has 0 unspecified atom stereocenters. The number of rotatable bonds is 0. The van der Waals surface area contributed by atoms with Crippen molar-refractivity contribution in [2.45, 2.75) is 19.6 Å². The van der Waals surface area contributed by atoms with E-state index in [0.717, 1.165) is 0 Å². The van der Waals surface area contributed by atoms with Gasteiger partial charge in [0, 0.05) is 0 Å². The van der Waals surface area contributed by atoms with Crippen LogP contribution in [0, 0.1) is 0 Å². The van der Waals surface area contributed by atoms with Crippen LogP contribution in [-0.2, 0) is 0 Å². The van der Waals surface area contributed by atoms with Gasteiger partial charge in [-0.25, -0.2) is 4.79 Å². The van der Waals surface area contributed by atoms with E-state index in [2.05, 4.69) is 11.5 Å². The van der Waals surface area contributed by atoms with Crippen molar-refractivity contribution >= 4 is 6.03 Å². The topological polar surface area (TPSA) is 115 Å². The van der Waals surface area contributed by atoms with Crippen LogP contribution in [0.5, 0.6) is 0 Å². The van der Waals surface area contributed by atoms with Gasteiger partial charge in [-0.05, 0) is 13.8 Å². The van der Waals surface area contributed by atoms with E-state index in [1.807, 2.05) is 0 Å². The maximum absolute atomic E-state index is 9.00. The van der Waals surface area contributed by atoms with E-state index >= 15 is 0 Å². The van der Waals surface area contributed by atoms with Crippen molar-refractivity contribution in [3.63, 3.8) is 0 Å². The number of nitrogens with two attached hydrogens (primary N) is 3. The summed E-state index contributed by atoms with van der Waals surface area (Å²) in [4.78, 5) is 9.00. The smallest absolute Gasteiger partial charge is 0.309 e. The van der Waals surface area contributed by atoms with Crippen molar-refractivity contribution in [2.24, 2.45) is 17.2 Å². The van der Waals surface area contributed by atoms with E-state index in [9.17, 15) is 0 Å². The van der Waals surface area contributed by atoms with E-state index in [4.69, 9.17) is 15.6 Å². The second-order valence-corrected chi connectivity index (χ2v) is 2.06. The largest absolute Gasteiger partial charge is 0.377 e. The van der Waals surface area contributed by atoms with Crippen LogP contribution in [0.3, 0.4) is 0 Å². The van der Waals surface area contributed by atoms with Gasteiger partial charge in [0.25, 0.3) is 0 Å². The Hall–Kier alpha value is -0.810. The molecule has 0 aromatic rings. The summed E-state index contributed by atoms with van der Waals surface area (Å²) in [5.74, 6) is 0. The van der Waals surface area contributed by atoms with Gasteiger partial charge in [-0.2, -0.15) is 0 Å². The first-order valence-electron chi connectivity index (χ1n) is 2.29. The van der Waals surface area contributed by atoms with Gasteiger partial charge in [0.15, 0.2) is 0 Å². The summed E-state index contributed by atoms with van der Waals surface area (Å²) in [5, 5.41) is 8.30. The molecule has 0 saturated carbocycles. The molecule has 0 spiro atoms. The fourth-order valence-corrected chi connectivity index (χ4v) is 0. The Morgan fingerprint density at radius 3 is 1.44 bits per heavy atom. The summed E-state index contributed by atoms with van der Waals surface area (Å²) < 4.78 is 0. The zero-order valence-corrected chi connectivity index (χ0v) is 5.59. The van der Waals surface area contributed by atoms with Crippen LogP contribution in [0.2, 0.25) is 0 Å². The number of amides is 2. The Balaban J connectivity index is 0. The predicted octanol–water partition coefficient (Wildman–Crippen LogP) is -1.30. The summed E-state index contributed by atoms with van der Waals surface area (Å²) in [7, 11) is 0. The number of hydrogen-bond donors (Lipinski definition) is 4. The highest BCUT2D eigenvalue weighted by Gasteiger charge is 1.98. The van der Waals surface area contributed by atoms with Gasteiger partial charge in [0.2, 0.25) is 0 Å². The zero-order chi connectivity index (χ0) is 8.08. The lowest BCUT2D eigenvalue weighted by Gasteiger charge is -2.05. The highest BCUT2D eigenvalue weighted by molar-refractivity contribution is 5.69. The molecule has 9 heavy (non-hydrogen) atoms. The van der Waals surface area contributed by atoms with Gasteiger partial charge in [-0.3, -0.25) is 0 Å². The van der Waals surface area contributed by atoms with Crippen LogP contribution >= 0.6 is 0 Å². The fraction of sp³-hybridized carbons (Fsp3) is 0.750. The number of urea groups is 1. The quantitative estimate of drug-likeness (QED) is 0.309. The van der Waals surface area contributed by atoms with Crippen LogP contribution < -0.4 is 17.2 Å². The van der Waals surface area contributed by atoms with Crippen LogP contribution in [0.4, 0.5) is 4.79 Å². The summed E-state index contributed by atoms with van der Waals surface area (Å²) in [5.41, 5.74) is 12.4. The molecular formula is C4H13N3O2. The van der Waals surface area contributed by atoms with Gasteiger partial charge in [0.05, 0.1) is 0 Å². The molecule has 0 aliphatic heterocycles. The van der Waals surface area contributed by atoms with E-state index < -0.39 is 11.8 Å². The lowest BCUT2D eigenvalue weighted by molar-refractivity contribution is 0.0881. The van der Waals surface area contributed by atoms with Crippen molar-refractivity contribution < 1.29 is 9.90 Å².